The molecule has 0 saturated carbocycles. The zero-order valence-corrected chi connectivity index (χ0v) is 12.6. The van der Waals surface area contributed by atoms with E-state index in [2.05, 4.69) is 5.32 Å². The summed E-state index contributed by atoms with van der Waals surface area (Å²) in [6.07, 6.45) is 0.251. The number of rotatable bonds is 3. The molecular weight excluding hydrogens is 321 g/mol. The van der Waals surface area contributed by atoms with Crippen molar-refractivity contribution >= 4 is 54.5 Å². The van der Waals surface area contributed by atoms with E-state index in [0.717, 1.165) is 6.07 Å². The minimum Gasteiger partial charge on any atom is -0.324 e. The molecule has 1 amide bonds. The Balaban J connectivity index is 3.43. The van der Waals surface area contributed by atoms with Gasteiger partial charge in [0.2, 0.25) is 5.91 Å². The van der Waals surface area contributed by atoms with Gasteiger partial charge >= 0.3 is 0 Å². The van der Waals surface area contributed by atoms with Gasteiger partial charge in [-0.3, -0.25) is 4.79 Å². The molecule has 1 N–H and O–H groups in total. The quantitative estimate of drug-likeness (QED) is 0.862. The second kappa shape index (κ2) is 5.65. The SMILES string of the molecule is CCC(=O)Nc1c(Cl)cc(S(=O)(=O)Cl)c(C)c1Cl. The van der Waals surface area contributed by atoms with Gasteiger partial charge in [-0.25, -0.2) is 8.42 Å². The molecule has 0 fully saturated rings. The lowest BCUT2D eigenvalue weighted by molar-refractivity contribution is -0.115. The third-order valence-corrected chi connectivity index (χ3v) is 4.48. The van der Waals surface area contributed by atoms with Crippen LogP contribution in [-0.2, 0) is 13.8 Å². The average molecular weight is 331 g/mol. The number of hydrogen-bond donors (Lipinski definition) is 1. The van der Waals surface area contributed by atoms with Gasteiger partial charge in [0.1, 0.15) is 0 Å². The molecule has 0 aliphatic rings. The molecule has 0 saturated heterocycles. The number of anilines is 1. The predicted molar refractivity (Wildman–Crippen MR) is 73.2 cm³/mol. The Morgan fingerprint density at radius 3 is 2.39 bits per heavy atom. The van der Waals surface area contributed by atoms with Crippen LogP contribution < -0.4 is 5.32 Å². The first kappa shape index (κ1) is 15.6. The van der Waals surface area contributed by atoms with E-state index in [1.54, 1.807) is 6.92 Å². The Morgan fingerprint density at radius 1 is 1.39 bits per heavy atom. The van der Waals surface area contributed by atoms with Crippen molar-refractivity contribution < 1.29 is 13.2 Å². The normalized spacial score (nSPS) is 11.4. The third kappa shape index (κ3) is 3.29. The summed E-state index contributed by atoms with van der Waals surface area (Å²) in [4.78, 5) is 11.1. The molecule has 0 bridgehead atoms. The molecular formula is C10H10Cl3NO3S. The highest BCUT2D eigenvalue weighted by Gasteiger charge is 2.21. The van der Waals surface area contributed by atoms with Gasteiger partial charge in [-0.05, 0) is 18.6 Å². The topological polar surface area (TPSA) is 63.2 Å². The van der Waals surface area contributed by atoms with Crippen LogP contribution in [-0.4, -0.2) is 14.3 Å². The number of carbonyl (C=O) groups excluding carboxylic acids is 1. The molecule has 18 heavy (non-hydrogen) atoms. The molecule has 1 rings (SSSR count). The summed E-state index contributed by atoms with van der Waals surface area (Å²) in [6.45, 7) is 3.15. The highest BCUT2D eigenvalue weighted by Crippen LogP contribution is 2.38. The monoisotopic (exact) mass is 329 g/mol. The smallest absolute Gasteiger partial charge is 0.261 e. The van der Waals surface area contributed by atoms with Crippen LogP contribution in [0.15, 0.2) is 11.0 Å². The van der Waals surface area contributed by atoms with E-state index in [4.69, 9.17) is 33.9 Å². The largest absolute Gasteiger partial charge is 0.324 e. The summed E-state index contributed by atoms with van der Waals surface area (Å²) >= 11 is 11.9. The Hall–Kier alpha value is -0.490. The third-order valence-electron chi connectivity index (χ3n) is 2.26. The van der Waals surface area contributed by atoms with Crippen molar-refractivity contribution in [3.05, 3.63) is 21.7 Å². The van der Waals surface area contributed by atoms with Crippen molar-refractivity contribution in [1.82, 2.24) is 0 Å². The van der Waals surface area contributed by atoms with Crippen LogP contribution in [0.5, 0.6) is 0 Å². The van der Waals surface area contributed by atoms with Gasteiger partial charge in [-0.1, -0.05) is 30.1 Å². The van der Waals surface area contributed by atoms with Gasteiger partial charge < -0.3 is 5.32 Å². The zero-order valence-electron chi connectivity index (χ0n) is 9.55. The molecule has 0 aromatic heterocycles. The van der Waals surface area contributed by atoms with E-state index in [1.807, 2.05) is 0 Å². The fourth-order valence-electron chi connectivity index (χ4n) is 1.29. The lowest BCUT2D eigenvalue weighted by atomic mass is 10.2. The molecule has 0 aliphatic carbocycles. The molecule has 8 heteroatoms. The molecule has 0 heterocycles. The lowest BCUT2D eigenvalue weighted by Crippen LogP contribution is -2.11. The van der Waals surface area contributed by atoms with E-state index in [1.165, 1.54) is 6.92 Å². The number of hydrogen-bond acceptors (Lipinski definition) is 3. The first-order valence-electron chi connectivity index (χ1n) is 4.91. The van der Waals surface area contributed by atoms with E-state index in [0.29, 0.717) is 0 Å². The molecule has 1 aromatic carbocycles. The summed E-state index contributed by atoms with van der Waals surface area (Å²) in [6, 6.07) is 1.16. The van der Waals surface area contributed by atoms with Gasteiger partial charge in [0.15, 0.2) is 0 Å². The first-order chi connectivity index (χ1) is 8.18. The molecule has 0 unspecified atom stereocenters. The van der Waals surface area contributed by atoms with Crippen LogP contribution in [0.2, 0.25) is 10.0 Å². The maximum Gasteiger partial charge on any atom is 0.261 e. The number of halogens is 3. The van der Waals surface area contributed by atoms with Crippen molar-refractivity contribution in [1.29, 1.82) is 0 Å². The van der Waals surface area contributed by atoms with Crippen LogP contribution >= 0.6 is 33.9 Å². The van der Waals surface area contributed by atoms with Gasteiger partial charge in [0, 0.05) is 17.1 Å². The predicted octanol–water partition coefficient (Wildman–Crippen LogP) is 3.58. The van der Waals surface area contributed by atoms with Gasteiger partial charge in [-0.2, -0.15) is 0 Å². The highest BCUT2D eigenvalue weighted by atomic mass is 35.7. The summed E-state index contributed by atoms with van der Waals surface area (Å²) < 4.78 is 22.6. The van der Waals surface area contributed by atoms with E-state index < -0.39 is 9.05 Å². The summed E-state index contributed by atoms with van der Waals surface area (Å²) in [5, 5.41) is 2.59. The van der Waals surface area contributed by atoms with Crippen molar-refractivity contribution in [2.24, 2.45) is 0 Å². The first-order valence-corrected chi connectivity index (χ1v) is 7.98. The minimum atomic E-state index is -3.94. The molecule has 0 radical (unpaired) electrons. The fourth-order valence-corrected chi connectivity index (χ4v) is 3.17. The highest BCUT2D eigenvalue weighted by molar-refractivity contribution is 8.13. The van der Waals surface area contributed by atoms with Crippen LogP contribution in [0.3, 0.4) is 0 Å². The van der Waals surface area contributed by atoms with Crippen molar-refractivity contribution in [2.75, 3.05) is 5.32 Å². The van der Waals surface area contributed by atoms with Crippen molar-refractivity contribution in [2.45, 2.75) is 25.2 Å². The lowest BCUT2D eigenvalue weighted by Gasteiger charge is -2.13. The standard InChI is InChI=1S/C10H10Cl3NO3S/c1-3-8(15)14-10-6(11)4-7(18(13,16)17)5(2)9(10)12/h4H,3H2,1-2H3,(H,14,15). The fraction of sp³-hybridized carbons (Fsp3) is 0.300. The summed E-state index contributed by atoms with van der Waals surface area (Å²) in [5.74, 6) is -0.278. The molecule has 4 nitrogen and oxygen atoms in total. The number of nitrogens with one attached hydrogen (secondary N) is 1. The number of carbonyl (C=O) groups is 1. The maximum atomic E-state index is 11.3. The van der Waals surface area contributed by atoms with Crippen LogP contribution in [0, 0.1) is 6.92 Å². The summed E-state index contributed by atoms with van der Waals surface area (Å²) in [5.41, 5.74) is 0.425. The summed E-state index contributed by atoms with van der Waals surface area (Å²) in [7, 11) is 1.32. The number of amides is 1. The maximum absolute atomic E-state index is 11.3. The number of benzene rings is 1. The minimum absolute atomic E-state index is 0.0200. The molecule has 1 aromatic rings. The molecule has 0 aliphatic heterocycles. The molecule has 0 spiro atoms. The van der Waals surface area contributed by atoms with Gasteiger partial charge in [0.05, 0.1) is 20.6 Å². The van der Waals surface area contributed by atoms with Gasteiger partial charge in [0.25, 0.3) is 9.05 Å². The molecule has 0 atom stereocenters. The van der Waals surface area contributed by atoms with E-state index >= 15 is 0 Å². The van der Waals surface area contributed by atoms with Crippen molar-refractivity contribution in [3.63, 3.8) is 0 Å². The second-order valence-corrected chi connectivity index (χ2v) is 6.83. The van der Waals surface area contributed by atoms with Crippen LogP contribution in [0.4, 0.5) is 5.69 Å². The van der Waals surface area contributed by atoms with Crippen molar-refractivity contribution in [3.8, 4) is 0 Å². The Bertz CT molecular complexity index is 599. The van der Waals surface area contributed by atoms with E-state index in [9.17, 15) is 13.2 Å². The van der Waals surface area contributed by atoms with Gasteiger partial charge in [-0.15, -0.1) is 0 Å². The zero-order chi connectivity index (χ0) is 14.1. The Labute approximate surface area is 120 Å². The average Bonchev–Trinajstić information content (AvgIpc) is 2.27. The Kier molecular flexibility index (Phi) is 4.89. The van der Waals surface area contributed by atoms with E-state index in [-0.39, 0.29) is 38.5 Å². The molecule has 100 valence electrons. The second-order valence-electron chi connectivity index (χ2n) is 3.51. The van der Waals surface area contributed by atoms with Crippen LogP contribution in [0.25, 0.3) is 0 Å². The van der Waals surface area contributed by atoms with Crippen LogP contribution in [0.1, 0.15) is 18.9 Å². The Morgan fingerprint density at radius 2 is 1.94 bits per heavy atom.